The van der Waals surface area contributed by atoms with Gasteiger partial charge in [-0.2, -0.15) is 5.10 Å². The van der Waals surface area contributed by atoms with Gasteiger partial charge in [0.1, 0.15) is 5.04 Å². The van der Waals surface area contributed by atoms with Crippen molar-refractivity contribution in [2.45, 2.75) is 6.42 Å². The van der Waals surface area contributed by atoms with Crippen molar-refractivity contribution in [2.24, 2.45) is 5.10 Å². The van der Waals surface area contributed by atoms with Crippen LogP contribution in [0.25, 0.3) is 0 Å². The van der Waals surface area contributed by atoms with Crippen molar-refractivity contribution in [3.8, 4) is 0 Å². The maximum Gasteiger partial charge on any atom is 0.246 e. The first-order valence-electron chi connectivity index (χ1n) is 2.22. The Hall–Kier alpha value is -0.510. The maximum absolute atomic E-state index is 10.4. The molecule has 1 aliphatic heterocycles. The summed E-state index contributed by atoms with van der Waals surface area (Å²) in [4.78, 5) is 10.4. The molecule has 0 aromatic heterocycles. The second-order valence-electron chi connectivity index (χ2n) is 1.42. The molecule has 0 aromatic carbocycles. The Bertz CT molecular complexity index is 143. The third-order valence-electron chi connectivity index (χ3n) is 0.853. The monoisotopic (exact) mass is 130 g/mol. The van der Waals surface area contributed by atoms with Gasteiger partial charge in [0.05, 0.1) is 6.42 Å². The number of hydrazone groups is 1. The van der Waals surface area contributed by atoms with E-state index in [1.807, 2.05) is 6.26 Å². The zero-order valence-electron chi connectivity index (χ0n) is 4.47. The predicted octanol–water partition coefficient (Wildman–Crippen LogP) is 0.183. The molecule has 1 aliphatic rings. The van der Waals surface area contributed by atoms with Gasteiger partial charge in [-0.05, 0) is 6.26 Å². The van der Waals surface area contributed by atoms with E-state index in [0.29, 0.717) is 6.42 Å². The molecule has 1 heterocycles. The van der Waals surface area contributed by atoms with Gasteiger partial charge in [-0.3, -0.25) is 4.79 Å². The van der Waals surface area contributed by atoms with Crippen LogP contribution in [0.2, 0.25) is 0 Å². The van der Waals surface area contributed by atoms with Crippen LogP contribution < -0.4 is 5.43 Å². The summed E-state index contributed by atoms with van der Waals surface area (Å²) in [5.41, 5.74) is 2.35. The average Bonchev–Trinajstić information content (AvgIpc) is 2.14. The minimum atomic E-state index is -0.00523. The van der Waals surface area contributed by atoms with Gasteiger partial charge in [-0.25, -0.2) is 5.43 Å². The van der Waals surface area contributed by atoms with Crippen LogP contribution in [0.15, 0.2) is 5.10 Å². The van der Waals surface area contributed by atoms with E-state index < -0.39 is 0 Å². The SMILES string of the molecule is CSC1=NNC(=O)C1. The van der Waals surface area contributed by atoms with Gasteiger partial charge in [-0.1, -0.05) is 0 Å². The number of rotatable bonds is 0. The first-order valence-corrected chi connectivity index (χ1v) is 3.45. The van der Waals surface area contributed by atoms with Gasteiger partial charge in [0.25, 0.3) is 0 Å². The number of thioether (sulfide) groups is 1. The van der Waals surface area contributed by atoms with Gasteiger partial charge in [0.2, 0.25) is 5.91 Å². The number of nitrogens with zero attached hydrogens (tertiary/aromatic N) is 1. The molecule has 0 fully saturated rings. The van der Waals surface area contributed by atoms with Crippen molar-refractivity contribution < 1.29 is 4.79 Å². The molecule has 1 rings (SSSR count). The molecule has 1 N–H and O–H groups in total. The van der Waals surface area contributed by atoms with Crippen LogP contribution >= 0.6 is 11.8 Å². The molecule has 0 aromatic rings. The number of hydrogen-bond acceptors (Lipinski definition) is 3. The van der Waals surface area contributed by atoms with E-state index in [0.717, 1.165) is 5.04 Å². The van der Waals surface area contributed by atoms with Crippen molar-refractivity contribution in [1.82, 2.24) is 5.43 Å². The Balaban J connectivity index is 2.49. The molecule has 0 radical (unpaired) electrons. The Labute approximate surface area is 51.5 Å². The van der Waals surface area contributed by atoms with E-state index >= 15 is 0 Å². The lowest BCUT2D eigenvalue weighted by molar-refractivity contribution is -0.119. The maximum atomic E-state index is 10.4. The third kappa shape index (κ3) is 1.01. The van der Waals surface area contributed by atoms with Crippen LogP contribution in [0.1, 0.15) is 6.42 Å². The summed E-state index contributed by atoms with van der Waals surface area (Å²) in [5.74, 6) is -0.00523. The van der Waals surface area contributed by atoms with Crippen LogP contribution in [0, 0.1) is 0 Å². The Morgan fingerprint density at radius 3 is 2.88 bits per heavy atom. The van der Waals surface area contributed by atoms with E-state index in [1.54, 1.807) is 0 Å². The molecule has 1 amide bonds. The number of amides is 1. The summed E-state index contributed by atoms with van der Waals surface area (Å²) >= 11 is 1.50. The minimum absolute atomic E-state index is 0.00523. The molecule has 8 heavy (non-hydrogen) atoms. The first-order chi connectivity index (χ1) is 3.83. The Kier molecular flexibility index (Phi) is 1.53. The third-order valence-corrected chi connectivity index (χ3v) is 1.56. The van der Waals surface area contributed by atoms with E-state index in [2.05, 4.69) is 10.5 Å². The van der Waals surface area contributed by atoms with Crippen LogP contribution in [0.4, 0.5) is 0 Å². The normalized spacial score (nSPS) is 18.1. The zero-order valence-corrected chi connectivity index (χ0v) is 5.29. The highest BCUT2D eigenvalue weighted by Gasteiger charge is 2.11. The topological polar surface area (TPSA) is 41.5 Å². The molecule has 0 spiro atoms. The Morgan fingerprint density at radius 2 is 2.62 bits per heavy atom. The lowest BCUT2D eigenvalue weighted by atomic mass is 10.5. The Morgan fingerprint density at radius 1 is 1.88 bits per heavy atom. The van der Waals surface area contributed by atoms with Crippen LogP contribution in [-0.4, -0.2) is 17.2 Å². The molecule has 0 saturated heterocycles. The van der Waals surface area contributed by atoms with Gasteiger partial charge in [0.15, 0.2) is 0 Å². The van der Waals surface area contributed by atoms with Gasteiger partial charge < -0.3 is 0 Å². The number of carbonyl (C=O) groups excluding carboxylic acids is 1. The number of hydrogen-bond donors (Lipinski definition) is 1. The van der Waals surface area contributed by atoms with E-state index in [1.165, 1.54) is 11.8 Å². The quantitative estimate of drug-likeness (QED) is 0.508. The van der Waals surface area contributed by atoms with Crippen LogP contribution in [0.3, 0.4) is 0 Å². The fourth-order valence-corrected chi connectivity index (χ4v) is 0.871. The fraction of sp³-hybridized carbons (Fsp3) is 0.500. The van der Waals surface area contributed by atoms with Gasteiger partial charge >= 0.3 is 0 Å². The lowest BCUT2D eigenvalue weighted by Gasteiger charge is -1.82. The van der Waals surface area contributed by atoms with E-state index in [4.69, 9.17) is 0 Å². The molecule has 0 atom stereocenters. The molecule has 44 valence electrons. The highest BCUT2D eigenvalue weighted by atomic mass is 32.2. The average molecular weight is 130 g/mol. The molecular formula is C4H6N2OS. The molecule has 3 nitrogen and oxygen atoms in total. The second kappa shape index (κ2) is 2.17. The summed E-state index contributed by atoms with van der Waals surface area (Å²) in [6.45, 7) is 0. The summed E-state index contributed by atoms with van der Waals surface area (Å²) < 4.78 is 0. The molecular weight excluding hydrogens is 124 g/mol. The minimum Gasteiger partial charge on any atom is -0.273 e. The smallest absolute Gasteiger partial charge is 0.246 e. The molecule has 0 aliphatic carbocycles. The van der Waals surface area contributed by atoms with Crippen LogP contribution in [0.5, 0.6) is 0 Å². The zero-order chi connectivity index (χ0) is 5.98. The highest BCUT2D eigenvalue weighted by molar-refractivity contribution is 8.13. The van der Waals surface area contributed by atoms with Crippen molar-refractivity contribution >= 4 is 22.7 Å². The van der Waals surface area contributed by atoms with Crippen molar-refractivity contribution in [3.63, 3.8) is 0 Å². The second-order valence-corrected chi connectivity index (χ2v) is 2.30. The van der Waals surface area contributed by atoms with Gasteiger partial charge in [-0.15, -0.1) is 11.8 Å². The number of carbonyl (C=O) groups is 1. The lowest BCUT2D eigenvalue weighted by Crippen LogP contribution is -2.08. The summed E-state index contributed by atoms with van der Waals surface area (Å²) in [6, 6.07) is 0. The van der Waals surface area contributed by atoms with E-state index in [9.17, 15) is 4.79 Å². The highest BCUT2D eigenvalue weighted by Crippen LogP contribution is 2.05. The van der Waals surface area contributed by atoms with Gasteiger partial charge in [0, 0.05) is 0 Å². The summed E-state index contributed by atoms with van der Waals surface area (Å²) in [7, 11) is 0. The van der Waals surface area contributed by atoms with Crippen LogP contribution in [-0.2, 0) is 4.79 Å². The molecule has 0 saturated carbocycles. The molecule has 0 unspecified atom stereocenters. The fourth-order valence-electron chi connectivity index (χ4n) is 0.459. The largest absolute Gasteiger partial charge is 0.273 e. The number of nitrogens with one attached hydrogen (secondary N) is 1. The summed E-state index contributed by atoms with van der Waals surface area (Å²) in [5, 5.41) is 4.59. The standard InChI is InChI=1S/C4H6N2OS/c1-8-4-2-3(7)5-6-4/h2H2,1H3,(H,5,7). The summed E-state index contributed by atoms with van der Waals surface area (Å²) in [6.07, 6.45) is 2.36. The first kappa shape index (κ1) is 5.62. The van der Waals surface area contributed by atoms with Crippen molar-refractivity contribution in [3.05, 3.63) is 0 Å². The van der Waals surface area contributed by atoms with Crippen molar-refractivity contribution in [2.75, 3.05) is 6.26 Å². The van der Waals surface area contributed by atoms with E-state index in [-0.39, 0.29) is 5.91 Å². The molecule has 0 bridgehead atoms. The van der Waals surface area contributed by atoms with Crippen molar-refractivity contribution in [1.29, 1.82) is 0 Å². The predicted molar refractivity (Wildman–Crippen MR) is 33.7 cm³/mol. The molecule has 4 heteroatoms.